The summed E-state index contributed by atoms with van der Waals surface area (Å²) < 4.78 is 0. The minimum absolute atomic E-state index is 0.287. The molecule has 1 aromatic rings. The van der Waals surface area contributed by atoms with Crippen LogP contribution in [-0.2, 0) is 9.59 Å². The normalized spacial score (nSPS) is 26.2. The summed E-state index contributed by atoms with van der Waals surface area (Å²) in [4.78, 5) is 39.2. The number of rotatable bonds is 4. The first-order valence-corrected chi connectivity index (χ1v) is 9.94. The lowest BCUT2D eigenvalue weighted by Crippen LogP contribution is -2.51. The molecule has 1 saturated heterocycles. The third kappa shape index (κ3) is 3.78. The molecule has 1 atom stereocenters. The van der Waals surface area contributed by atoms with Gasteiger partial charge < -0.3 is 10.6 Å². The van der Waals surface area contributed by atoms with Gasteiger partial charge in [0.2, 0.25) is 5.91 Å². The molecule has 0 unspecified atom stereocenters. The Morgan fingerprint density at radius 3 is 2.59 bits per heavy atom. The number of hydrogen-bond donors (Lipinski definition) is 2. The van der Waals surface area contributed by atoms with Gasteiger partial charge in [-0.3, -0.25) is 9.59 Å². The van der Waals surface area contributed by atoms with Crippen molar-refractivity contribution >= 4 is 46.7 Å². The lowest BCUT2D eigenvalue weighted by molar-refractivity contribution is -0.137. The van der Waals surface area contributed by atoms with Crippen molar-refractivity contribution in [3.05, 3.63) is 28.2 Å². The van der Waals surface area contributed by atoms with E-state index in [2.05, 4.69) is 17.6 Å². The number of carbonyl (C=O) groups is 3. The Morgan fingerprint density at radius 2 is 2.00 bits per heavy atom. The van der Waals surface area contributed by atoms with E-state index in [1.165, 1.54) is 13.0 Å². The van der Waals surface area contributed by atoms with Gasteiger partial charge in [-0.1, -0.05) is 36.5 Å². The molecule has 2 fully saturated rings. The molecule has 0 radical (unpaired) electrons. The van der Waals surface area contributed by atoms with Gasteiger partial charge in [-0.15, -0.1) is 0 Å². The Morgan fingerprint density at radius 1 is 1.33 bits per heavy atom. The van der Waals surface area contributed by atoms with Crippen LogP contribution in [0.15, 0.2) is 18.2 Å². The second-order valence-electron chi connectivity index (χ2n) is 7.33. The van der Waals surface area contributed by atoms with Crippen LogP contribution in [0.1, 0.15) is 46.0 Å². The molecule has 0 bridgehead atoms. The molecule has 1 heterocycles. The molecule has 6 nitrogen and oxygen atoms in total. The van der Waals surface area contributed by atoms with E-state index >= 15 is 0 Å². The average Bonchev–Trinajstić information content (AvgIpc) is 2.87. The molecule has 8 heteroatoms. The maximum Gasteiger partial charge on any atom is 0.325 e. The zero-order valence-corrected chi connectivity index (χ0v) is 16.9. The minimum atomic E-state index is -0.951. The molecule has 2 N–H and O–H groups in total. The molecule has 3 rings (SSSR count). The summed E-state index contributed by atoms with van der Waals surface area (Å²) in [6.07, 6.45) is 4.10. The Balaban J connectivity index is 1.72. The molecular formula is C19H23Cl2N3O3. The zero-order chi connectivity index (χ0) is 19.8. The number of carbonyl (C=O) groups excluding carboxylic acids is 3. The predicted molar refractivity (Wildman–Crippen MR) is 105 cm³/mol. The van der Waals surface area contributed by atoms with Gasteiger partial charge in [0, 0.05) is 5.02 Å². The van der Waals surface area contributed by atoms with Gasteiger partial charge in [0.15, 0.2) is 0 Å². The number of anilines is 1. The highest BCUT2D eigenvalue weighted by Gasteiger charge is 2.54. The summed E-state index contributed by atoms with van der Waals surface area (Å²) in [7, 11) is 0. The summed E-state index contributed by atoms with van der Waals surface area (Å²) >= 11 is 11.9. The molecule has 146 valence electrons. The topological polar surface area (TPSA) is 78.5 Å². The molecule has 1 aromatic carbocycles. The Kier molecular flexibility index (Phi) is 5.68. The number of halogens is 2. The van der Waals surface area contributed by atoms with E-state index in [1.807, 2.05) is 0 Å². The maximum atomic E-state index is 13.0. The van der Waals surface area contributed by atoms with Gasteiger partial charge in [-0.2, -0.15) is 0 Å². The SMILES string of the molecule is CCC1CCC2(CC1)NC(=O)N([C@H](C)C(=O)Nc1ccc(Cl)cc1Cl)C2=O. The van der Waals surface area contributed by atoms with Crippen LogP contribution >= 0.6 is 23.2 Å². The molecular weight excluding hydrogens is 389 g/mol. The number of benzene rings is 1. The lowest BCUT2D eigenvalue weighted by Gasteiger charge is -2.35. The largest absolute Gasteiger partial charge is 0.325 e. The van der Waals surface area contributed by atoms with E-state index in [-0.39, 0.29) is 10.9 Å². The highest BCUT2D eigenvalue weighted by molar-refractivity contribution is 6.36. The fraction of sp³-hybridized carbons (Fsp3) is 0.526. The van der Waals surface area contributed by atoms with Crippen molar-refractivity contribution in [3.63, 3.8) is 0 Å². The quantitative estimate of drug-likeness (QED) is 0.728. The molecule has 1 saturated carbocycles. The van der Waals surface area contributed by atoms with Crippen molar-refractivity contribution in [2.75, 3.05) is 5.32 Å². The molecule has 27 heavy (non-hydrogen) atoms. The van der Waals surface area contributed by atoms with Crippen molar-refractivity contribution in [1.29, 1.82) is 0 Å². The van der Waals surface area contributed by atoms with E-state index in [4.69, 9.17) is 23.2 Å². The van der Waals surface area contributed by atoms with Gasteiger partial charge >= 0.3 is 6.03 Å². The van der Waals surface area contributed by atoms with Crippen LogP contribution in [0.3, 0.4) is 0 Å². The number of hydrogen-bond acceptors (Lipinski definition) is 3. The second kappa shape index (κ2) is 7.68. The molecule has 0 aromatic heterocycles. The Bertz CT molecular complexity index is 775. The second-order valence-corrected chi connectivity index (χ2v) is 8.17. The Labute approximate surface area is 168 Å². The van der Waals surface area contributed by atoms with E-state index in [0.717, 1.165) is 24.2 Å². The van der Waals surface area contributed by atoms with E-state index in [9.17, 15) is 14.4 Å². The lowest BCUT2D eigenvalue weighted by atomic mass is 9.75. The summed E-state index contributed by atoms with van der Waals surface area (Å²) in [5.41, 5.74) is -0.488. The van der Waals surface area contributed by atoms with E-state index in [0.29, 0.717) is 29.5 Å². The highest BCUT2D eigenvalue weighted by Crippen LogP contribution is 2.38. The van der Waals surface area contributed by atoms with Crippen molar-refractivity contribution in [3.8, 4) is 0 Å². The van der Waals surface area contributed by atoms with Crippen LogP contribution in [0.4, 0.5) is 10.5 Å². The van der Waals surface area contributed by atoms with Gasteiger partial charge in [-0.25, -0.2) is 9.69 Å². The standard InChI is InChI=1S/C19H23Cl2N3O3/c1-3-12-6-8-19(9-7-12)17(26)24(18(27)23-19)11(2)16(25)22-15-5-4-13(20)10-14(15)21/h4-5,10-12H,3,6-9H2,1-2H3,(H,22,25)(H,23,27)/t11-,12?,19?/m1/s1. The van der Waals surface area contributed by atoms with E-state index < -0.39 is 23.5 Å². The first-order chi connectivity index (χ1) is 12.8. The smallest absolute Gasteiger partial charge is 0.323 e. The Hall–Kier alpha value is -1.79. The van der Waals surface area contributed by atoms with Crippen LogP contribution in [-0.4, -0.2) is 34.3 Å². The van der Waals surface area contributed by atoms with Gasteiger partial charge in [0.25, 0.3) is 5.91 Å². The fourth-order valence-electron chi connectivity index (χ4n) is 3.86. The van der Waals surface area contributed by atoms with Crippen molar-refractivity contribution in [2.24, 2.45) is 5.92 Å². The average molecular weight is 412 g/mol. The van der Waals surface area contributed by atoms with Gasteiger partial charge in [-0.05, 0) is 56.7 Å². The number of urea groups is 1. The monoisotopic (exact) mass is 411 g/mol. The van der Waals surface area contributed by atoms with Gasteiger partial charge in [0.1, 0.15) is 11.6 Å². The van der Waals surface area contributed by atoms with Crippen LogP contribution in [0.25, 0.3) is 0 Å². The summed E-state index contributed by atoms with van der Waals surface area (Å²) in [5.74, 6) is -0.212. The first-order valence-electron chi connectivity index (χ1n) is 9.19. The third-order valence-electron chi connectivity index (χ3n) is 5.69. The number of nitrogens with one attached hydrogen (secondary N) is 2. The zero-order valence-electron chi connectivity index (χ0n) is 15.4. The summed E-state index contributed by atoms with van der Waals surface area (Å²) in [5, 5.41) is 6.24. The van der Waals surface area contributed by atoms with Crippen LogP contribution in [0, 0.1) is 5.92 Å². The number of imide groups is 1. The van der Waals surface area contributed by atoms with Crippen molar-refractivity contribution in [2.45, 2.75) is 57.5 Å². The van der Waals surface area contributed by atoms with Crippen LogP contribution in [0.2, 0.25) is 10.0 Å². The molecule has 4 amide bonds. The minimum Gasteiger partial charge on any atom is -0.323 e. The maximum absolute atomic E-state index is 13.0. The molecule has 1 spiro atoms. The van der Waals surface area contributed by atoms with Crippen LogP contribution < -0.4 is 10.6 Å². The van der Waals surface area contributed by atoms with Crippen molar-refractivity contribution < 1.29 is 14.4 Å². The summed E-state index contributed by atoms with van der Waals surface area (Å²) in [6, 6.07) is 3.22. The highest BCUT2D eigenvalue weighted by atomic mass is 35.5. The predicted octanol–water partition coefficient (Wildman–Crippen LogP) is 4.21. The van der Waals surface area contributed by atoms with Gasteiger partial charge in [0.05, 0.1) is 10.7 Å². The first kappa shape index (κ1) is 20.0. The molecule has 1 aliphatic carbocycles. The molecule has 1 aliphatic heterocycles. The summed E-state index contributed by atoms with van der Waals surface area (Å²) in [6.45, 7) is 3.67. The van der Waals surface area contributed by atoms with Crippen molar-refractivity contribution in [1.82, 2.24) is 10.2 Å². The fourth-order valence-corrected chi connectivity index (χ4v) is 4.31. The number of nitrogens with zero attached hydrogens (tertiary/aromatic N) is 1. The van der Waals surface area contributed by atoms with E-state index in [1.54, 1.807) is 12.1 Å². The third-order valence-corrected chi connectivity index (χ3v) is 6.23. The van der Waals surface area contributed by atoms with Crippen LogP contribution in [0.5, 0.6) is 0 Å². The molecule has 2 aliphatic rings. The number of amides is 4.